The molecular formula is C17H23N5O. The number of aryl methyl sites for hydroxylation is 2. The Morgan fingerprint density at radius 2 is 2.17 bits per heavy atom. The maximum atomic E-state index is 11.9. The quantitative estimate of drug-likeness (QED) is 0.874. The molecule has 3 heterocycles. The molecule has 122 valence electrons. The number of likely N-dealkylation sites (tertiary alicyclic amines) is 1. The van der Waals surface area contributed by atoms with Gasteiger partial charge in [-0.25, -0.2) is 9.97 Å². The van der Waals surface area contributed by atoms with Gasteiger partial charge in [0.1, 0.15) is 0 Å². The highest BCUT2D eigenvalue weighted by Gasteiger charge is 2.28. The minimum absolute atomic E-state index is 0.0158. The highest BCUT2D eigenvalue weighted by atomic mass is 16.2. The van der Waals surface area contributed by atoms with Crippen molar-refractivity contribution in [2.45, 2.75) is 52.6 Å². The zero-order valence-electron chi connectivity index (χ0n) is 14.0. The van der Waals surface area contributed by atoms with Crippen LogP contribution in [-0.4, -0.2) is 37.1 Å². The zero-order chi connectivity index (χ0) is 16.4. The standard InChI is InChI=1S/C17H23N5O/c1-4-22-15(8-9-18-22)14-11-12(2)19-17(20-14)16-7-5-6-10-21(16)13(3)23/h8-9,11,16H,4-7,10H2,1-3H3. The lowest BCUT2D eigenvalue weighted by molar-refractivity contribution is -0.132. The molecule has 1 unspecified atom stereocenters. The molecule has 23 heavy (non-hydrogen) atoms. The number of carbonyl (C=O) groups is 1. The van der Waals surface area contributed by atoms with Gasteiger partial charge in [0, 0.05) is 31.9 Å². The molecule has 6 nitrogen and oxygen atoms in total. The van der Waals surface area contributed by atoms with Crippen molar-refractivity contribution < 1.29 is 4.79 Å². The first kappa shape index (κ1) is 15.6. The average molecular weight is 313 g/mol. The molecule has 1 atom stereocenters. The third kappa shape index (κ3) is 3.11. The lowest BCUT2D eigenvalue weighted by Gasteiger charge is -2.34. The monoisotopic (exact) mass is 313 g/mol. The SMILES string of the molecule is CCn1nccc1-c1cc(C)nc(C2CCCCN2C(C)=O)n1. The molecule has 1 aliphatic heterocycles. The van der Waals surface area contributed by atoms with Crippen LogP contribution in [0, 0.1) is 6.92 Å². The molecule has 1 saturated heterocycles. The normalized spacial score (nSPS) is 18.2. The van der Waals surface area contributed by atoms with Crippen molar-refractivity contribution in [3.8, 4) is 11.4 Å². The van der Waals surface area contributed by atoms with Crippen molar-refractivity contribution in [2.24, 2.45) is 0 Å². The van der Waals surface area contributed by atoms with E-state index >= 15 is 0 Å². The largest absolute Gasteiger partial charge is 0.333 e. The molecule has 6 heteroatoms. The highest BCUT2D eigenvalue weighted by molar-refractivity contribution is 5.73. The number of rotatable bonds is 3. The Morgan fingerprint density at radius 3 is 2.91 bits per heavy atom. The van der Waals surface area contributed by atoms with Gasteiger partial charge < -0.3 is 4.90 Å². The van der Waals surface area contributed by atoms with Crippen LogP contribution in [0.3, 0.4) is 0 Å². The van der Waals surface area contributed by atoms with Crippen LogP contribution in [0.2, 0.25) is 0 Å². The van der Waals surface area contributed by atoms with Crippen LogP contribution in [0.4, 0.5) is 0 Å². The number of aromatic nitrogens is 4. The van der Waals surface area contributed by atoms with E-state index < -0.39 is 0 Å². The number of piperidine rings is 1. The van der Waals surface area contributed by atoms with Crippen molar-refractivity contribution in [1.29, 1.82) is 0 Å². The highest BCUT2D eigenvalue weighted by Crippen LogP contribution is 2.30. The fraction of sp³-hybridized carbons (Fsp3) is 0.529. The second kappa shape index (κ2) is 6.48. The summed E-state index contributed by atoms with van der Waals surface area (Å²) in [7, 11) is 0. The van der Waals surface area contributed by atoms with Crippen LogP contribution in [0.25, 0.3) is 11.4 Å². The van der Waals surface area contributed by atoms with Gasteiger partial charge in [0.2, 0.25) is 5.91 Å². The van der Waals surface area contributed by atoms with Gasteiger partial charge in [0.15, 0.2) is 5.82 Å². The molecule has 2 aromatic rings. The Labute approximate surface area is 136 Å². The minimum atomic E-state index is -0.0158. The first-order chi connectivity index (χ1) is 11.1. The molecule has 2 aromatic heterocycles. The van der Waals surface area contributed by atoms with Crippen LogP contribution >= 0.6 is 0 Å². The van der Waals surface area contributed by atoms with Gasteiger partial charge in [-0.3, -0.25) is 9.48 Å². The molecule has 1 fully saturated rings. The Kier molecular flexibility index (Phi) is 4.41. The predicted molar refractivity (Wildman–Crippen MR) is 87.6 cm³/mol. The summed E-state index contributed by atoms with van der Waals surface area (Å²) in [4.78, 5) is 23.2. The number of carbonyl (C=O) groups excluding carboxylic acids is 1. The number of nitrogens with zero attached hydrogens (tertiary/aromatic N) is 5. The van der Waals surface area contributed by atoms with Crippen molar-refractivity contribution >= 4 is 5.91 Å². The van der Waals surface area contributed by atoms with Crippen molar-refractivity contribution in [3.63, 3.8) is 0 Å². The number of hydrogen-bond acceptors (Lipinski definition) is 4. The summed E-state index contributed by atoms with van der Waals surface area (Å²) in [6.45, 7) is 7.25. The molecule has 0 bridgehead atoms. The van der Waals surface area contributed by atoms with E-state index in [2.05, 4.69) is 17.0 Å². The predicted octanol–water partition coefficient (Wildman–Crippen LogP) is 2.74. The summed E-state index contributed by atoms with van der Waals surface area (Å²) in [5.41, 5.74) is 2.79. The molecule has 0 aliphatic carbocycles. The summed E-state index contributed by atoms with van der Waals surface area (Å²) in [6.07, 6.45) is 4.87. The van der Waals surface area contributed by atoms with Crippen LogP contribution in [0.1, 0.15) is 50.7 Å². The second-order valence-electron chi connectivity index (χ2n) is 6.01. The summed E-state index contributed by atoms with van der Waals surface area (Å²) in [6, 6.07) is 3.93. The van der Waals surface area contributed by atoms with Crippen LogP contribution in [0.15, 0.2) is 18.3 Å². The van der Waals surface area contributed by atoms with Crippen LogP contribution < -0.4 is 0 Å². The second-order valence-corrected chi connectivity index (χ2v) is 6.01. The molecule has 0 N–H and O–H groups in total. The van der Waals surface area contributed by atoms with E-state index in [-0.39, 0.29) is 11.9 Å². The third-order valence-corrected chi connectivity index (χ3v) is 4.36. The summed E-state index contributed by atoms with van der Waals surface area (Å²) in [5.74, 6) is 0.846. The van der Waals surface area contributed by atoms with Gasteiger partial charge in [-0.1, -0.05) is 0 Å². The smallest absolute Gasteiger partial charge is 0.220 e. The molecule has 0 aromatic carbocycles. The van der Waals surface area contributed by atoms with Crippen molar-refractivity contribution in [2.75, 3.05) is 6.54 Å². The molecular weight excluding hydrogens is 290 g/mol. The van der Waals surface area contributed by atoms with Gasteiger partial charge in [-0.15, -0.1) is 0 Å². The van der Waals surface area contributed by atoms with Crippen molar-refractivity contribution in [1.82, 2.24) is 24.6 Å². The van der Waals surface area contributed by atoms with E-state index in [9.17, 15) is 4.79 Å². The Hall–Kier alpha value is -2.24. The first-order valence-electron chi connectivity index (χ1n) is 8.25. The average Bonchev–Trinajstić information content (AvgIpc) is 3.03. The van der Waals surface area contributed by atoms with E-state index in [0.29, 0.717) is 0 Å². The maximum Gasteiger partial charge on any atom is 0.220 e. The topological polar surface area (TPSA) is 63.9 Å². The summed E-state index contributed by atoms with van der Waals surface area (Å²) in [5, 5.41) is 4.32. The van der Waals surface area contributed by atoms with Gasteiger partial charge in [0.25, 0.3) is 0 Å². The minimum Gasteiger partial charge on any atom is -0.333 e. The van der Waals surface area contributed by atoms with E-state index in [1.807, 2.05) is 28.6 Å². The van der Waals surface area contributed by atoms with Crippen LogP contribution in [-0.2, 0) is 11.3 Å². The van der Waals surface area contributed by atoms with Crippen molar-refractivity contribution in [3.05, 3.63) is 29.8 Å². The molecule has 1 amide bonds. The molecule has 0 saturated carbocycles. The van der Waals surface area contributed by atoms with Gasteiger partial charge >= 0.3 is 0 Å². The fourth-order valence-electron chi connectivity index (χ4n) is 3.25. The Bertz CT molecular complexity index is 709. The molecule has 0 spiro atoms. The number of amides is 1. The first-order valence-corrected chi connectivity index (χ1v) is 8.25. The van der Waals surface area contributed by atoms with Gasteiger partial charge in [-0.05, 0) is 45.2 Å². The molecule has 3 rings (SSSR count). The summed E-state index contributed by atoms with van der Waals surface area (Å²) < 4.78 is 1.93. The Balaban J connectivity index is 2.02. The fourth-order valence-corrected chi connectivity index (χ4v) is 3.25. The van der Waals surface area contributed by atoms with Crippen LogP contribution in [0.5, 0.6) is 0 Å². The van der Waals surface area contributed by atoms with E-state index in [0.717, 1.165) is 55.3 Å². The third-order valence-electron chi connectivity index (χ3n) is 4.36. The summed E-state index contributed by atoms with van der Waals surface area (Å²) >= 11 is 0. The number of hydrogen-bond donors (Lipinski definition) is 0. The van der Waals surface area contributed by atoms with E-state index in [1.54, 1.807) is 13.1 Å². The molecule has 0 radical (unpaired) electrons. The lowest BCUT2D eigenvalue weighted by Crippen LogP contribution is -2.37. The van der Waals surface area contributed by atoms with E-state index in [1.165, 1.54) is 0 Å². The van der Waals surface area contributed by atoms with E-state index in [4.69, 9.17) is 4.98 Å². The van der Waals surface area contributed by atoms with Gasteiger partial charge in [-0.2, -0.15) is 5.10 Å². The lowest BCUT2D eigenvalue weighted by atomic mass is 10.0. The maximum absolute atomic E-state index is 11.9. The zero-order valence-corrected chi connectivity index (χ0v) is 14.0. The Morgan fingerprint density at radius 1 is 1.35 bits per heavy atom. The molecule has 1 aliphatic rings. The van der Waals surface area contributed by atoms with Gasteiger partial charge in [0.05, 0.1) is 17.4 Å².